The molecule has 1 aromatic rings. The Bertz CT molecular complexity index is 474. The zero-order valence-corrected chi connectivity index (χ0v) is 8.98. The molecule has 0 saturated heterocycles. The van der Waals surface area contributed by atoms with Crippen LogP contribution in [-0.2, 0) is 0 Å². The van der Waals surface area contributed by atoms with Crippen molar-refractivity contribution in [2.75, 3.05) is 10.8 Å². The molecule has 1 aromatic heterocycles. The van der Waals surface area contributed by atoms with Crippen LogP contribution < -0.4 is 10.7 Å². The average Bonchev–Trinajstić information content (AvgIpc) is 2.30. The molecule has 0 unspecified atom stereocenters. The average molecular weight is 236 g/mol. The molecule has 1 aliphatic rings. The van der Waals surface area contributed by atoms with E-state index in [0.29, 0.717) is 11.4 Å². The number of carbonyl (C=O) groups is 2. The number of nitrogens with two attached hydrogens (primary N) is 1. The van der Waals surface area contributed by atoms with Crippen LogP contribution in [0.1, 0.15) is 10.5 Å². The number of hydrogen-bond acceptors (Lipinski definition) is 5. The van der Waals surface area contributed by atoms with Gasteiger partial charge in [-0.1, -0.05) is 11.8 Å². The lowest BCUT2D eigenvalue weighted by Gasteiger charge is -2.19. The number of hydrogen-bond donors (Lipinski definition) is 1. The van der Waals surface area contributed by atoms with Crippen molar-refractivity contribution in [1.82, 2.24) is 4.98 Å². The molecule has 0 aromatic carbocycles. The van der Waals surface area contributed by atoms with Crippen LogP contribution in [-0.4, -0.2) is 28.1 Å². The fourth-order valence-corrected chi connectivity index (χ4v) is 1.75. The molecule has 0 saturated carbocycles. The van der Waals surface area contributed by atoms with E-state index in [4.69, 9.17) is 5.73 Å². The summed E-state index contributed by atoms with van der Waals surface area (Å²) in [4.78, 5) is 26.2. The third-order valence-electron chi connectivity index (χ3n) is 1.89. The van der Waals surface area contributed by atoms with Crippen molar-refractivity contribution in [2.45, 2.75) is 0 Å². The van der Waals surface area contributed by atoms with Gasteiger partial charge in [-0.25, -0.2) is 0 Å². The molecule has 2 rings (SSSR count). The fourth-order valence-electron chi connectivity index (χ4n) is 1.19. The highest BCUT2D eigenvalue weighted by atomic mass is 32.2. The minimum atomic E-state index is -0.636. The summed E-state index contributed by atoms with van der Waals surface area (Å²) in [7, 11) is 0. The van der Waals surface area contributed by atoms with Crippen molar-refractivity contribution in [3.05, 3.63) is 24.0 Å². The molecule has 82 valence electrons. The van der Waals surface area contributed by atoms with Crippen LogP contribution in [0.25, 0.3) is 0 Å². The summed E-state index contributed by atoms with van der Waals surface area (Å²) < 4.78 is 0. The number of anilines is 1. The lowest BCUT2D eigenvalue weighted by molar-refractivity contribution is 0.0995. The van der Waals surface area contributed by atoms with Gasteiger partial charge < -0.3 is 5.73 Å². The number of thioether (sulfide) groups is 1. The molecule has 7 heteroatoms. The smallest absolute Gasteiger partial charge is 0.306 e. The van der Waals surface area contributed by atoms with Crippen LogP contribution in [0.15, 0.2) is 23.4 Å². The van der Waals surface area contributed by atoms with Gasteiger partial charge in [0.2, 0.25) is 0 Å². The summed E-state index contributed by atoms with van der Waals surface area (Å²) in [6, 6.07) is 3.02. The summed E-state index contributed by atoms with van der Waals surface area (Å²) >= 11 is 1.14. The van der Waals surface area contributed by atoms with Crippen molar-refractivity contribution < 1.29 is 9.59 Å². The Balaban J connectivity index is 2.36. The maximum Gasteiger partial charge on any atom is 0.306 e. The van der Waals surface area contributed by atoms with Gasteiger partial charge in [0.05, 0.1) is 5.69 Å². The Morgan fingerprint density at radius 2 is 2.38 bits per heavy atom. The topological polar surface area (TPSA) is 88.7 Å². The molecule has 0 aliphatic carbocycles. The summed E-state index contributed by atoms with van der Waals surface area (Å²) in [6.45, 7) is 0. The molecule has 0 spiro atoms. The Morgan fingerprint density at radius 3 is 3.06 bits per heavy atom. The SMILES string of the molecule is NC(=O)c1cc(N2N=CCSC2=O)ccn1. The van der Waals surface area contributed by atoms with Gasteiger partial charge in [0, 0.05) is 18.2 Å². The molecule has 0 fully saturated rings. The summed E-state index contributed by atoms with van der Waals surface area (Å²) in [6.07, 6.45) is 3.04. The van der Waals surface area contributed by atoms with Gasteiger partial charge in [0.1, 0.15) is 5.69 Å². The number of pyridine rings is 1. The van der Waals surface area contributed by atoms with Gasteiger partial charge in [-0.3, -0.25) is 14.6 Å². The van der Waals surface area contributed by atoms with Gasteiger partial charge in [-0.05, 0) is 12.1 Å². The Labute approximate surface area is 95.5 Å². The number of carbonyl (C=O) groups excluding carboxylic acids is 2. The quantitative estimate of drug-likeness (QED) is 0.824. The van der Waals surface area contributed by atoms with Crippen molar-refractivity contribution >= 4 is 34.8 Å². The predicted molar refractivity (Wildman–Crippen MR) is 61.6 cm³/mol. The van der Waals surface area contributed by atoms with Crippen LogP contribution in [0, 0.1) is 0 Å². The maximum atomic E-state index is 11.5. The molecule has 6 nitrogen and oxygen atoms in total. The summed E-state index contributed by atoms with van der Waals surface area (Å²) in [5.74, 6) is -0.0775. The van der Waals surface area contributed by atoms with E-state index in [1.54, 1.807) is 12.3 Å². The Morgan fingerprint density at radius 1 is 1.56 bits per heavy atom. The zero-order valence-electron chi connectivity index (χ0n) is 8.16. The maximum absolute atomic E-state index is 11.5. The Hall–Kier alpha value is -1.89. The largest absolute Gasteiger partial charge is 0.364 e. The molecule has 16 heavy (non-hydrogen) atoms. The first kappa shape index (κ1) is 10.6. The van der Waals surface area contributed by atoms with E-state index >= 15 is 0 Å². The van der Waals surface area contributed by atoms with Crippen LogP contribution in [0.4, 0.5) is 10.5 Å². The molecular formula is C9H8N4O2S. The minimum Gasteiger partial charge on any atom is -0.364 e. The highest BCUT2D eigenvalue weighted by molar-refractivity contribution is 8.14. The van der Waals surface area contributed by atoms with Crippen molar-refractivity contribution in [1.29, 1.82) is 0 Å². The van der Waals surface area contributed by atoms with E-state index in [1.807, 2.05) is 0 Å². The monoisotopic (exact) mass is 236 g/mol. The van der Waals surface area contributed by atoms with Gasteiger partial charge >= 0.3 is 5.24 Å². The number of rotatable bonds is 2. The van der Waals surface area contributed by atoms with Crippen molar-refractivity contribution in [3.8, 4) is 0 Å². The molecule has 2 N–H and O–H groups in total. The minimum absolute atomic E-state index is 0.107. The fraction of sp³-hybridized carbons (Fsp3) is 0.111. The first-order valence-corrected chi connectivity index (χ1v) is 5.42. The molecule has 1 aliphatic heterocycles. The second-order valence-electron chi connectivity index (χ2n) is 2.95. The molecule has 0 radical (unpaired) electrons. The van der Waals surface area contributed by atoms with Gasteiger partial charge in [0.15, 0.2) is 0 Å². The second-order valence-corrected chi connectivity index (χ2v) is 3.92. The number of nitrogens with zero attached hydrogens (tertiary/aromatic N) is 3. The third-order valence-corrected chi connectivity index (χ3v) is 2.63. The number of primary amides is 1. The predicted octanol–water partition coefficient (Wildman–Crippen LogP) is 0.840. The van der Waals surface area contributed by atoms with Crippen LogP contribution >= 0.6 is 11.8 Å². The first-order chi connectivity index (χ1) is 7.68. The van der Waals surface area contributed by atoms with E-state index in [-0.39, 0.29) is 10.9 Å². The summed E-state index contributed by atoms with van der Waals surface area (Å²) in [5, 5.41) is 4.96. The molecular weight excluding hydrogens is 228 g/mol. The third kappa shape index (κ3) is 2.03. The lowest BCUT2D eigenvalue weighted by Crippen LogP contribution is -2.25. The molecule has 2 heterocycles. The number of hydrazone groups is 1. The molecule has 0 bridgehead atoms. The number of aromatic nitrogens is 1. The zero-order chi connectivity index (χ0) is 11.5. The van der Waals surface area contributed by atoms with Crippen molar-refractivity contribution in [3.63, 3.8) is 0 Å². The second kappa shape index (κ2) is 4.31. The molecule has 2 amide bonds. The van der Waals surface area contributed by atoms with Gasteiger partial charge in [0.25, 0.3) is 5.91 Å². The number of amides is 2. The van der Waals surface area contributed by atoms with Crippen LogP contribution in [0.2, 0.25) is 0 Å². The highest BCUT2D eigenvalue weighted by Crippen LogP contribution is 2.22. The first-order valence-electron chi connectivity index (χ1n) is 4.43. The van der Waals surface area contributed by atoms with Crippen LogP contribution in [0.3, 0.4) is 0 Å². The van der Waals surface area contributed by atoms with E-state index in [0.717, 1.165) is 11.8 Å². The van der Waals surface area contributed by atoms with Gasteiger partial charge in [-0.15, -0.1) is 0 Å². The standard InChI is InChI=1S/C9H8N4O2S/c10-8(14)7-5-6(1-2-11-7)13-9(15)16-4-3-12-13/h1-3,5H,4H2,(H2,10,14). The Kier molecular flexibility index (Phi) is 2.86. The van der Waals surface area contributed by atoms with E-state index in [9.17, 15) is 9.59 Å². The van der Waals surface area contributed by atoms with E-state index < -0.39 is 5.91 Å². The lowest BCUT2D eigenvalue weighted by atomic mass is 10.3. The van der Waals surface area contributed by atoms with Crippen LogP contribution in [0.5, 0.6) is 0 Å². The normalized spacial score (nSPS) is 15.2. The highest BCUT2D eigenvalue weighted by Gasteiger charge is 2.19. The van der Waals surface area contributed by atoms with E-state index in [2.05, 4.69) is 10.1 Å². The molecule has 0 atom stereocenters. The van der Waals surface area contributed by atoms with Gasteiger partial charge in [-0.2, -0.15) is 10.1 Å². The summed E-state index contributed by atoms with van der Waals surface area (Å²) in [5.41, 5.74) is 5.69. The van der Waals surface area contributed by atoms with Crippen molar-refractivity contribution in [2.24, 2.45) is 10.8 Å². The van der Waals surface area contributed by atoms with E-state index in [1.165, 1.54) is 17.3 Å².